The molecule has 1 aliphatic carbocycles. The number of hydrogen-bond acceptors (Lipinski definition) is 5. The SMILES string of the molecule is CC(C)[C@H](NC(=O)CSCCNC(=O)OCC1c2ccccc2-c2ccccc21)C(=O)O. The molecule has 2 amide bonds. The predicted octanol–water partition coefficient (Wildman–Crippen LogP) is 3.48. The number of rotatable bonds is 10. The lowest BCUT2D eigenvalue weighted by Gasteiger charge is -2.17. The zero-order chi connectivity index (χ0) is 23.1. The lowest BCUT2D eigenvalue weighted by Crippen LogP contribution is -2.45. The number of benzene rings is 2. The van der Waals surface area contributed by atoms with Crippen LogP contribution >= 0.6 is 11.8 Å². The van der Waals surface area contributed by atoms with Crippen molar-refractivity contribution in [2.75, 3.05) is 24.7 Å². The summed E-state index contributed by atoms with van der Waals surface area (Å²) in [5.74, 6) is -0.932. The number of aliphatic carboxylic acids is 1. The van der Waals surface area contributed by atoms with E-state index in [1.165, 1.54) is 22.9 Å². The molecule has 3 rings (SSSR count). The van der Waals surface area contributed by atoms with Crippen molar-refractivity contribution in [1.82, 2.24) is 10.6 Å². The largest absolute Gasteiger partial charge is 0.480 e. The van der Waals surface area contributed by atoms with Gasteiger partial charge in [-0.15, -0.1) is 0 Å². The molecule has 0 saturated carbocycles. The zero-order valence-electron chi connectivity index (χ0n) is 18.2. The average molecular weight is 457 g/mol. The molecular formula is C24H28N2O5S. The third-order valence-corrected chi connectivity index (χ3v) is 6.30. The number of carbonyl (C=O) groups excluding carboxylic acids is 2. The maximum absolute atomic E-state index is 12.1. The minimum Gasteiger partial charge on any atom is -0.480 e. The highest BCUT2D eigenvalue weighted by Gasteiger charge is 2.29. The molecule has 0 bridgehead atoms. The molecule has 1 atom stereocenters. The Hall–Kier alpha value is -3.00. The second kappa shape index (κ2) is 11.0. The van der Waals surface area contributed by atoms with Gasteiger partial charge in [-0.05, 0) is 28.2 Å². The molecule has 2 aromatic rings. The number of hydrogen-bond donors (Lipinski definition) is 3. The fourth-order valence-corrected chi connectivity index (χ4v) is 4.43. The molecule has 3 N–H and O–H groups in total. The summed E-state index contributed by atoms with van der Waals surface area (Å²) in [6.45, 7) is 4.08. The summed E-state index contributed by atoms with van der Waals surface area (Å²) >= 11 is 1.32. The van der Waals surface area contributed by atoms with Gasteiger partial charge in [-0.1, -0.05) is 62.4 Å². The molecule has 170 valence electrons. The van der Waals surface area contributed by atoms with Gasteiger partial charge in [-0.3, -0.25) is 4.79 Å². The number of nitrogens with one attached hydrogen (secondary N) is 2. The number of fused-ring (bicyclic) bond motifs is 3. The van der Waals surface area contributed by atoms with Crippen molar-refractivity contribution >= 4 is 29.7 Å². The van der Waals surface area contributed by atoms with E-state index >= 15 is 0 Å². The molecule has 7 nitrogen and oxygen atoms in total. The normalized spacial score (nSPS) is 13.2. The fourth-order valence-electron chi connectivity index (χ4n) is 3.77. The minimum atomic E-state index is -1.05. The summed E-state index contributed by atoms with van der Waals surface area (Å²) in [5, 5.41) is 14.3. The van der Waals surface area contributed by atoms with Gasteiger partial charge in [0.15, 0.2) is 0 Å². The van der Waals surface area contributed by atoms with Crippen LogP contribution in [-0.2, 0) is 14.3 Å². The third kappa shape index (κ3) is 5.82. The Kier molecular flexibility index (Phi) is 8.16. The molecule has 0 heterocycles. The van der Waals surface area contributed by atoms with Crippen LogP contribution < -0.4 is 10.6 Å². The number of amides is 2. The first-order chi connectivity index (χ1) is 15.4. The molecule has 0 saturated heterocycles. The van der Waals surface area contributed by atoms with Gasteiger partial charge in [0, 0.05) is 18.2 Å². The lowest BCUT2D eigenvalue weighted by molar-refractivity contribution is -0.142. The summed E-state index contributed by atoms with van der Waals surface area (Å²) in [6, 6.07) is 15.4. The number of carboxylic acid groups (broad SMARTS) is 1. The van der Waals surface area contributed by atoms with Crippen LogP contribution in [0.2, 0.25) is 0 Å². The number of carbonyl (C=O) groups is 3. The predicted molar refractivity (Wildman–Crippen MR) is 125 cm³/mol. The van der Waals surface area contributed by atoms with E-state index in [0.717, 1.165) is 11.1 Å². The van der Waals surface area contributed by atoms with Crippen LogP contribution in [-0.4, -0.2) is 53.8 Å². The van der Waals surface area contributed by atoms with Crippen LogP contribution in [0.1, 0.15) is 30.9 Å². The van der Waals surface area contributed by atoms with Crippen molar-refractivity contribution in [3.05, 3.63) is 59.7 Å². The molecule has 0 unspecified atom stereocenters. The summed E-state index contributed by atoms with van der Waals surface area (Å²) < 4.78 is 5.47. The van der Waals surface area contributed by atoms with Crippen LogP contribution in [0.15, 0.2) is 48.5 Å². The Morgan fingerprint density at radius 1 is 1.03 bits per heavy atom. The van der Waals surface area contributed by atoms with E-state index in [9.17, 15) is 14.4 Å². The second-order valence-electron chi connectivity index (χ2n) is 7.93. The Morgan fingerprint density at radius 2 is 1.62 bits per heavy atom. The first kappa shape index (κ1) is 23.7. The number of alkyl carbamates (subject to hydrolysis) is 1. The van der Waals surface area contributed by atoms with Gasteiger partial charge in [0.25, 0.3) is 0 Å². The average Bonchev–Trinajstić information content (AvgIpc) is 3.09. The van der Waals surface area contributed by atoms with Crippen molar-refractivity contribution in [2.24, 2.45) is 5.92 Å². The van der Waals surface area contributed by atoms with Gasteiger partial charge in [-0.25, -0.2) is 9.59 Å². The van der Waals surface area contributed by atoms with E-state index in [1.54, 1.807) is 13.8 Å². The minimum absolute atomic E-state index is 0.00867. The van der Waals surface area contributed by atoms with Gasteiger partial charge < -0.3 is 20.5 Å². The molecule has 0 radical (unpaired) electrons. The highest BCUT2D eigenvalue weighted by molar-refractivity contribution is 7.99. The van der Waals surface area contributed by atoms with Crippen molar-refractivity contribution in [2.45, 2.75) is 25.8 Å². The zero-order valence-corrected chi connectivity index (χ0v) is 19.0. The van der Waals surface area contributed by atoms with Crippen molar-refractivity contribution < 1.29 is 24.2 Å². The fraction of sp³-hybridized carbons (Fsp3) is 0.375. The molecule has 1 aliphatic rings. The quantitative estimate of drug-likeness (QED) is 0.473. The first-order valence-electron chi connectivity index (χ1n) is 10.6. The Morgan fingerprint density at radius 3 is 2.19 bits per heavy atom. The number of thioether (sulfide) groups is 1. The van der Waals surface area contributed by atoms with E-state index in [0.29, 0.717) is 12.3 Å². The molecular weight excluding hydrogens is 428 g/mol. The number of carboxylic acids is 1. The highest BCUT2D eigenvalue weighted by atomic mass is 32.2. The van der Waals surface area contributed by atoms with Crippen LogP contribution in [0.5, 0.6) is 0 Å². The van der Waals surface area contributed by atoms with E-state index in [4.69, 9.17) is 9.84 Å². The highest BCUT2D eigenvalue weighted by Crippen LogP contribution is 2.44. The summed E-state index contributed by atoms with van der Waals surface area (Å²) in [4.78, 5) is 35.2. The topological polar surface area (TPSA) is 105 Å². The van der Waals surface area contributed by atoms with E-state index in [1.807, 2.05) is 24.3 Å². The smallest absolute Gasteiger partial charge is 0.407 e. The molecule has 0 aromatic heterocycles. The molecule has 2 aromatic carbocycles. The van der Waals surface area contributed by atoms with Crippen LogP contribution in [0.4, 0.5) is 4.79 Å². The monoisotopic (exact) mass is 456 g/mol. The molecule has 32 heavy (non-hydrogen) atoms. The van der Waals surface area contributed by atoms with E-state index in [-0.39, 0.29) is 30.1 Å². The standard InChI is InChI=1S/C24H28N2O5S/c1-15(2)22(23(28)29)26-21(27)14-32-12-11-25-24(30)31-13-20-18-9-5-3-7-16(18)17-8-4-6-10-19(17)20/h3-10,15,20,22H,11-14H2,1-2H3,(H,25,30)(H,26,27)(H,28,29)/t22-/m0/s1. The van der Waals surface area contributed by atoms with Gasteiger partial charge in [-0.2, -0.15) is 11.8 Å². The molecule has 0 spiro atoms. The van der Waals surface area contributed by atoms with Crippen LogP contribution in [0, 0.1) is 5.92 Å². The van der Waals surface area contributed by atoms with E-state index in [2.05, 4.69) is 34.9 Å². The summed E-state index contributed by atoms with van der Waals surface area (Å²) in [7, 11) is 0. The summed E-state index contributed by atoms with van der Waals surface area (Å²) in [5.41, 5.74) is 4.66. The van der Waals surface area contributed by atoms with Gasteiger partial charge >= 0.3 is 12.1 Å². The van der Waals surface area contributed by atoms with Gasteiger partial charge in [0.1, 0.15) is 12.6 Å². The first-order valence-corrected chi connectivity index (χ1v) is 11.7. The van der Waals surface area contributed by atoms with Crippen LogP contribution in [0.3, 0.4) is 0 Å². The maximum atomic E-state index is 12.1. The molecule has 8 heteroatoms. The second-order valence-corrected chi connectivity index (χ2v) is 9.04. The molecule has 0 fully saturated rings. The Bertz CT molecular complexity index is 933. The van der Waals surface area contributed by atoms with Crippen LogP contribution in [0.25, 0.3) is 11.1 Å². The lowest BCUT2D eigenvalue weighted by atomic mass is 9.98. The Labute approximate surface area is 191 Å². The van der Waals surface area contributed by atoms with E-state index < -0.39 is 18.1 Å². The van der Waals surface area contributed by atoms with Gasteiger partial charge in [0.2, 0.25) is 5.91 Å². The number of ether oxygens (including phenoxy) is 1. The Balaban J connectivity index is 1.38. The molecule has 0 aliphatic heterocycles. The van der Waals surface area contributed by atoms with Gasteiger partial charge in [0.05, 0.1) is 5.75 Å². The van der Waals surface area contributed by atoms with Crippen molar-refractivity contribution in [3.8, 4) is 11.1 Å². The maximum Gasteiger partial charge on any atom is 0.407 e. The third-order valence-electron chi connectivity index (χ3n) is 5.34. The summed E-state index contributed by atoms with van der Waals surface area (Å²) in [6.07, 6.45) is -0.498. The van der Waals surface area contributed by atoms with Crippen molar-refractivity contribution in [1.29, 1.82) is 0 Å². The van der Waals surface area contributed by atoms with Crippen molar-refractivity contribution in [3.63, 3.8) is 0 Å².